The van der Waals surface area contributed by atoms with Crippen molar-refractivity contribution in [2.45, 2.75) is 4.90 Å². The predicted octanol–water partition coefficient (Wildman–Crippen LogP) is 4.82. The fourth-order valence-corrected chi connectivity index (χ4v) is 4.67. The second-order valence-corrected chi connectivity index (χ2v) is 9.28. The maximum atomic E-state index is 12.5. The zero-order valence-electron chi connectivity index (χ0n) is 16.7. The minimum atomic E-state index is -3.76. The lowest BCUT2D eigenvalue weighted by molar-refractivity contribution is -0.118. The number of hydrogen-bond acceptors (Lipinski definition) is 5. The van der Waals surface area contributed by atoms with Crippen LogP contribution in [-0.4, -0.2) is 25.9 Å². The van der Waals surface area contributed by atoms with E-state index in [4.69, 9.17) is 4.74 Å². The number of carbonyl (C=O) groups is 1. The molecule has 0 saturated heterocycles. The molecule has 0 bridgehead atoms. The van der Waals surface area contributed by atoms with Gasteiger partial charge in [0.1, 0.15) is 5.75 Å². The van der Waals surface area contributed by atoms with Gasteiger partial charge in [-0.1, -0.05) is 30.3 Å². The van der Waals surface area contributed by atoms with Gasteiger partial charge in [-0.2, -0.15) is 0 Å². The van der Waals surface area contributed by atoms with E-state index < -0.39 is 10.0 Å². The number of anilines is 2. The van der Waals surface area contributed by atoms with Crippen LogP contribution in [0.2, 0.25) is 0 Å². The van der Waals surface area contributed by atoms with Gasteiger partial charge in [0.05, 0.1) is 21.3 Å². The number of aromatic nitrogens is 1. The molecule has 32 heavy (non-hydrogen) atoms. The number of fused-ring (bicyclic) bond motifs is 1. The molecular formula is C23H18BrN3O4S. The first-order chi connectivity index (χ1) is 15.4. The fraction of sp³-hybridized carbons (Fsp3) is 0.0435. The van der Waals surface area contributed by atoms with E-state index in [0.717, 1.165) is 15.2 Å². The molecule has 1 heterocycles. The number of hydrogen-bond donors (Lipinski definition) is 2. The molecule has 4 rings (SSSR count). The van der Waals surface area contributed by atoms with Crippen molar-refractivity contribution in [2.24, 2.45) is 0 Å². The summed E-state index contributed by atoms with van der Waals surface area (Å²) >= 11 is 3.53. The second kappa shape index (κ2) is 9.37. The summed E-state index contributed by atoms with van der Waals surface area (Å²) in [6.07, 6.45) is 2.97. The first-order valence-electron chi connectivity index (χ1n) is 9.55. The van der Waals surface area contributed by atoms with Crippen LogP contribution in [-0.2, 0) is 14.8 Å². The standard InChI is InChI=1S/C23H18BrN3O4S/c24-23-20-6-2-1-4-16(20)7-12-21(23)31-15-22(28)26-17-8-10-19(11-9-17)32(29,30)27-18-5-3-13-25-14-18/h1-14,27H,15H2,(H,26,28). The highest BCUT2D eigenvalue weighted by atomic mass is 79.9. The Balaban J connectivity index is 1.37. The zero-order chi connectivity index (χ0) is 22.6. The molecule has 0 aliphatic carbocycles. The normalized spacial score (nSPS) is 11.2. The number of ether oxygens (including phenoxy) is 1. The third-order valence-corrected chi connectivity index (χ3v) is 6.76. The number of halogens is 1. The third-order valence-electron chi connectivity index (χ3n) is 4.55. The summed E-state index contributed by atoms with van der Waals surface area (Å²) in [5.74, 6) is 0.191. The minimum absolute atomic E-state index is 0.0655. The Morgan fingerprint density at radius 1 is 0.938 bits per heavy atom. The number of rotatable bonds is 7. The average molecular weight is 512 g/mol. The third kappa shape index (κ3) is 5.06. The fourth-order valence-electron chi connectivity index (χ4n) is 3.02. The molecule has 4 aromatic rings. The van der Waals surface area contributed by atoms with Crippen LogP contribution in [0.15, 0.2) is 94.6 Å². The van der Waals surface area contributed by atoms with Crippen LogP contribution < -0.4 is 14.8 Å². The van der Waals surface area contributed by atoms with Crippen molar-refractivity contribution in [3.63, 3.8) is 0 Å². The van der Waals surface area contributed by atoms with Crippen molar-refractivity contribution in [1.82, 2.24) is 4.98 Å². The number of nitrogens with zero attached hydrogens (tertiary/aromatic N) is 1. The molecule has 3 aromatic carbocycles. The molecular weight excluding hydrogens is 494 g/mol. The van der Waals surface area contributed by atoms with Gasteiger partial charge >= 0.3 is 0 Å². The molecule has 0 aliphatic heterocycles. The molecule has 0 radical (unpaired) electrons. The van der Waals surface area contributed by atoms with E-state index in [1.165, 1.54) is 30.5 Å². The maximum absolute atomic E-state index is 12.5. The molecule has 1 amide bonds. The summed E-state index contributed by atoms with van der Waals surface area (Å²) in [6.45, 7) is -0.195. The topological polar surface area (TPSA) is 97.4 Å². The average Bonchev–Trinajstić information content (AvgIpc) is 2.79. The van der Waals surface area contributed by atoms with Gasteiger partial charge in [-0.3, -0.25) is 14.5 Å². The Kier molecular flexibility index (Phi) is 6.38. The van der Waals surface area contributed by atoms with Crippen LogP contribution in [0.3, 0.4) is 0 Å². The first kappa shape index (κ1) is 21.8. The van der Waals surface area contributed by atoms with Crippen LogP contribution in [0.25, 0.3) is 10.8 Å². The number of sulfonamides is 1. The zero-order valence-corrected chi connectivity index (χ0v) is 19.1. The molecule has 0 spiro atoms. The van der Waals surface area contributed by atoms with Crippen molar-refractivity contribution in [2.75, 3.05) is 16.6 Å². The van der Waals surface area contributed by atoms with E-state index in [0.29, 0.717) is 17.1 Å². The van der Waals surface area contributed by atoms with E-state index >= 15 is 0 Å². The quantitative estimate of drug-likeness (QED) is 0.370. The van der Waals surface area contributed by atoms with E-state index in [1.54, 1.807) is 24.4 Å². The number of benzene rings is 3. The molecule has 9 heteroatoms. The van der Waals surface area contributed by atoms with E-state index in [-0.39, 0.29) is 17.4 Å². The minimum Gasteiger partial charge on any atom is -0.483 e. The van der Waals surface area contributed by atoms with Crippen molar-refractivity contribution >= 4 is 54.0 Å². The van der Waals surface area contributed by atoms with Gasteiger partial charge in [0, 0.05) is 11.9 Å². The number of pyridine rings is 1. The lowest BCUT2D eigenvalue weighted by atomic mass is 10.1. The summed E-state index contributed by atoms with van der Waals surface area (Å²) in [4.78, 5) is 16.2. The molecule has 0 atom stereocenters. The van der Waals surface area contributed by atoms with E-state index in [9.17, 15) is 13.2 Å². The Bertz CT molecular complexity index is 1360. The summed E-state index contributed by atoms with van der Waals surface area (Å²) in [5.41, 5.74) is 0.818. The van der Waals surface area contributed by atoms with Crippen LogP contribution in [0, 0.1) is 0 Å². The lowest BCUT2D eigenvalue weighted by Crippen LogP contribution is -2.20. The molecule has 162 valence electrons. The Morgan fingerprint density at radius 2 is 1.72 bits per heavy atom. The summed E-state index contributed by atoms with van der Waals surface area (Å²) in [7, 11) is -3.76. The molecule has 1 aromatic heterocycles. The van der Waals surface area contributed by atoms with Crippen molar-refractivity contribution in [1.29, 1.82) is 0 Å². The van der Waals surface area contributed by atoms with Crippen LogP contribution in [0.1, 0.15) is 0 Å². The van der Waals surface area contributed by atoms with Crippen molar-refractivity contribution in [3.8, 4) is 5.75 Å². The summed E-state index contributed by atoms with van der Waals surface area (Å²) < 4.78 is 33.8. The van der Waals surface area contributed by atoms with Gasteiger partial charge < -0.3 is 10.1 Å². The van der Waals surface area contributed by atoms with Gasteiger partial charge in [-0.15, -0.1) is 0 Å². The maximum Gasteiger partial charge on any atom is 0.262 e. The number of nitrogens with one attached hydrogen (secondary N) is 2. The SMILES string of the molecule is O=C(COc1ccc2ccccc2c1Br)Nc1ccc(S(=O)(=O)Nc2cccnc2)cc1. The predicted molar refractivity (Wildman–Crippen MR) is 127 cm³/mol. The second-order valence-electron chi connectivity index (χ2n) is 6.81. The molecule has 7 nitrogen and oxygen atoms in total. The summed E-state index contributed by atoms with van der Waals surface area (Å²) in [5, 5.41) is 4.74. The van der Waals surface area contributed by atoms with Crippen LogP contribution in [0.4, 0.5) is 11.4 Å². The van der Waals surface area contributed by atoms with E-state index in [1.807, 2.05) is 30.3 Å². The monoisotopic (exact) mass is 511 g/mol. The largest absolute Gasteiger partial charge is 0.483 e. The highest BCUT2D eigenvalue weighted by molar-refractivity contribution is 9.10. The van der Waals surface area contributed by atoms with Crippen molar-refractivity contribution in [3.05, 3.63) is 89.7 Å². The molecule has 0 aliphatic rings. The lowest BCUT2D eigenvalue weighted by Gasteiger charge is -2.11. The van der Waals surface area contributed by atoms with E-state index in [2.05, 4.69) is 31.0 Å². The van der Waals surface area contributed by atoms with Gasteiger partial charge in [-0.05, 0) is 69.2 Å². The van der Waals surface area contributed by atoms with Crippen LogP contribution in [0.5, 0.6) is 5.75 Å². The molecule has 0 fully saturated rings. The van der Waals surface area contributed by atoms with Gasteiger partial charge in [0.2, 0.25) is 0 Å². The van der Waals surface area contributed by atoms with Gasteiger partial charge in [0.15, 0.2) is 6.61 Å². The smallest absolute Gasteiger partial charge is 0.262 e. The molecule has 0 saturated carbocycles. The molecule has 2 N–H and O–H groups in total. The number of carbonyl (C=O) groups excluding carboxylic acids is 1. The number of amides is 1. The Hall–Kier alpha value is -3.43. The van der Waals surface area contributed by atoms with Gasteiger partial charge in [0.25, 0.3) is 15.9 Å². The Labute approximate surface area is 193 Å². The molecule has 0 unspecified atom stereocenters. The van der Waals surface area contributed by atoms with Crippen molar-refractivity contribution < 1.29 is 17.9 Å². The first-order valence-corrected chi connectivity index (χ1v) is 11.8. The highest BCUT2D eigenvalue weighted by Crippen LogP contribution is 2.33. The van der Waals surface area contributed by atoms with Gasteiger partial charge in [-0.25, -0.2) is 8.42 Å². The highest BCUT2D eigenvalue weighted by Gasteiger charge is 2.15. The van der Waals surface area contributed by atoms with Crippen LogP contribution >= 0.6 is 15.9 Å². The summed E-state index contributed by atoms with van der Waals surface area (Å²) in [6, 6.07) is 20.7. The Morgan fingerprint density at radius 3 is 2.47 bits per heavy atom.